The summed E-state index contributed by atoms with van der Waals surface area (Å²) >= 11 is 1.66. The maximum Gasteiger partial charge on any atom is 0.251 e. The van der Waals surface area contributed by atoms with Gasteiger partial charge >= 0.3 is 0 Å². The average Bonchev–Trinajstić information content (AvgIpc) is 2.70. The Kier molecular flexibility index (Phi) is 11.7. The van der Waals surface area contributed by atoms with Gasteiger partial charge in [-0.05, 0) is 54.1 Å². The van der Waals surface area contributed by atoms with Gasteiger partial charge < -0.3 is 16.0 Å². The van der Waals surface area contributed by atoms with Crippen molar-refractivity contribution >= 4 is 47.6 Å². The van der Waals surface area contributed by atoms with Gasteiger partial charge in [-0.25, -0.2) is 4.39 Å². The second-order valence-corrected chi connectivity index (χ2v) is 7.05. The number of halogens is 2. The topological polar surface area (TPSA) is 65.5 Å². The highest BCUT2D eigenvalue weighted by Crippen LogP contribution is 2.16. The maximum absolute atomic E-state index is 13.5. The molecule has 0 unspecified atom stereocenters. The minimum Gasteiger partial charge on any atom is -0.352 e. The van der Waals surface area contributed by atoms with Gasteiger partial charge in [-0.15, -0.1) is 24.0 Å². The summed E-state index contributed by atoms with van der Waals surface area (Å²) < 4.78 is 13.5. The third-order valence-corrected chi connectivity index (χ3v) is 4.72. The van der Waals surface area contributed by atoms with E-state index in [1.807, 2.05) is 31.4 Å². The molecular weight excluding hydrogens is 502 g/mol. The fourth-order valence-electron chi connectivity index (χ4n) is 2.73. The van der Waals surface area contributed by atoms with Crippen LogP contribution in [-0.4, -0.2) is 31.7 Å². The summed E-state index contributed by atoms with van der Waals surface area (Å²) in [5.74, 6) is 1.10. The standard InChI is InChI=1S/C21H27FN4OS.HI/c1-4-24-20(27)16-7-5-6-15(10-16)12-25-21(23-2)26-13-17-8-9-19(22)11-18(17)14-28-3;/h5-11H,4,12-14H2,1-3H3,(H,24,27)(H2,23,25,26);1H. The number of carbonyl (C=O) groups is 1. The van der Waals surface area contributed by atoms with Crippen LogP contribution in [0.15, 0.2) is 47.5 Å². The molecule has 0 aliphatic rings. The maximum atomic E-state index is 13.5. The number of carbonyl (C=O) groups excluding carboxylic acids is 1. The number of hydrogen-bond donors (Lipinski definition) is 3. The molecule has 0 aromatic heterocycles. The fourth-order valence-corrected chi connectivity index (χ4v) is 3.31. The van der Waals surface area contributed by atoms with Crippen molar-refractivity contribution in [2.45, 2.75) is 25.8 Å². The van der Waals surface area contributed by atoms with Crippen molar-refractivity contribution in [2.75, 3.05) is 19.8 Å². The predicted molar refractivity (Wildman–Crippen MR) is 131 cm³/mol. The summed E-state index contributed by atoms with van der Waals surface area (Å²) in [7, 11) is 1.70. The highest BCUT2D eigenvalue weighted by molar-refractivity contribution is 14.0. The molecule has 0 spiro atoms. The molecule has 2 aromatic carbocycles. The van der Waals surface area contributed by atoms with Crippen LogP contribution < -0.4 is 16.0 Å². The molecular formula is C21H28FIN4OS. The van der Waals surface area contributed by atoms with Crippen molar-refractivity contribution in [3.63, 3.8) is 0 Å². The number of aliphatic imine (C=N–C) groups is 1. The van der Waals surface area contributed by atoms with Gasteiger partial charge in [0.1, 0.15) is 5.82 Å². The smallest absolute Gasteiger partial charge is 0.251 e. The van der Waals surface area contributed by atoms with Crippen molar-refractivity contribution in [2.24, 2.45) is 4.99 Å². The Labute approximate surface area is 193 Å². The molecule has 0 radical (unpaired) electrons. The summed E-state index contributed by atoms with van der Waals surface area (Å²) in [4.78, 5) is 16.2. The molecule has 0 saturated carbocycles. The number of thioether (sulfide) groups is 1. The van der Waals surface area contributed by atoms with Gasteiger partial charge in [0, 0.05) is 38.0 Å². The van der Waals surface area contributed by atoms with Crippen LogP contribution in [0.2, 0.25) is 0 Å². The van der Waals surface area contributed by atoms with E-state index in [1.165, 1.54) is 6.07 Å². The lowest BCUT2D eigenvalue weighted by molar-refractivity contribution is 0.0955. The summed E-state index contributed by atoms with van der Waals surface area (Å²) in [5, 5.41) is 9.30. The van der Waals surface area contributed by atoms with E-state index in [1.54, 1.807) is 37.0 Å². The monoisotopic (exact) mass is 530 g/mol. The number of nitrogens with zero attached hydrogens (tertiary/aromatic N) is 1. The van der Waals surface area contributed by atoms with Crippen molar-refractivity contribution in [1.29, 1.82) is 0 Å². The van der Waals surface area contributed by atoms with E-state index in [0.29, 0.717) is 31.2 Å². The van der Waals surface area contributed by atoms with Gasteiger partial charge in [0.15, 0.2) is 5.96 Å². The summed E-state index contributed by atoms with van der Waals surface area (Å²) in [5.41, 5.74) is 3.63. The highest BCUT2D eigenvalue weighted by atomic mass is 127. The first kappa shape index (κ1) is 25.2. The van der Waals surface area contributed by atoms with E-state index in [2.05, 4.69) is 20.9 Å². The van der Waals surface area contributed by atoms with Crippen LogP contribution in [0.4, 0.5) is 4.39 Å². The summed E-state index contributed by atoms with van der Waals surface area (Å²) in [6.45, 7) is 3.58. The lowest BCUT2D eigenvalue weighted by Gasteiger charge is -2.14. The van der Waals surface area contributed by atoms with E-state index in [9.17, 15) is 9.18 Å². The third kappa shape index (κ3) is 8.22. The van der Waals surface area contributed by atoms with Crippen LogP contribution >= 0.6 is 35.7 Å². The average molecular weight is 530 g/mol. The van der Waals surface area contributed by atoms with Gasteiger partial charge in [-0.1, -0.05) is 18.2 Å². The largest absolute Gasteiger partial charge is 0.352 e. The number of nitrogens with one attached hydrogen (secondary N) is 3. The van der Waals surface area contributed by atoms with E-state index in [-0.39, 0.29) is 35.7 Å². The summed E-state index contributed by atoms with van der Waals surface area (Å²) in [6, 6.07) is 12.3. The van der Waals surface area contributed by atoms with Crippen LogP contribution in [0.5, 0.6) is 0 Å². The van der Waals surface area contributed by atoms with Crippen LogP contribution in [0.3, 0.4) is 0 Å². The van der Waals surface area contributed by atoms with E-state index in [4.69, 9.17) is 0 Å². The van der Waals surface area contributed by atoms with E-state index >= 15 is 0 Å². The first-order valence-corrected chi connectivity index (χ1v) is 10.5. The number of benzene rings is 2. The highest BCUT2D eigenvalue weighted by Gasteiger charge is 2.07. The molecule has 2 aromatic rings. The Morgan fingerprint density at radius 2 is 1.83 bits per heavy atom. The van der Waals surface area contributed by atoms with Gasteiger partial charge in [-0.2, -0.15) is 11.8 Å². The van der Waals surface area contributed by atoms with Crippen LogP contribution in [0.25, 0.3) is 0 Å². The minimum atomic E-state index is -0.220. The predicted octanol–water partition coefficient (Wildman–Crippen LogP) is 3.92. The van der Waals surface area contributed by atoms with Crippen LogP contribution in [0, 0.1) is 5.82 Å². The molecule has 0 atom stereocenters. The third-order valence-electron chi connectivity index (χ3n) is 4.12. The summed E-state index contributed by atoms with van der Waals surface area (Å²) in [6.07, 6.45) is 2.00. The number of hydrogen-bond acceptors (Lipinski definition) is 3. The number of rotatable bonds is 8. The van der Waals surface area contributed by atoms with Crippen molar-refractivity contribution in [3.8, 4) is 0 Å². The zero-order chi connectivity index (χ0) is 20.4. The second kappa shape index (κ2) is 13.4. The molecule has 1 amide bonds. The van der Waals surface area contributed by atoms with Crippen molar-refractivity contribution < 1.29 is 9.18 Å². The lowest BCUT2D eigenvalue weighted by atomic mass is 10.1. The Bertz CT molecular complexity index is 832. The van der Waals surface area contributed by atoms with Crippen LogP contribution in [0.1, 0.15) is 34.0 Å². The van der Waals surface area contributed by atoms with Crippen molar-refractivity contribution in [3.05, 3.63) is 70.5 Å². The number of guanidine groups is 1. The van der Waals surface area contributed by atoms with Crippen LogP contribution in [-0.2, 0) is 18.8 Å². The molecule has 0 saturated heterocycles. The molecule has 3 N–H and O–H groups in total. The Hall–Kier alpha value is -1.81. The molecule has 0 fully saturated rings. The SMILES string of the molecule is CCNC(=O)c1cccc(CNC(=NC)NCc2ccc(F)cc2CSC)c1.I. The molecule has 8 heteroatoms. The van der Waals surface area contributed by atoms with Gasteiger partial charge in [0.25, 0.3) is 5.91 Å². The van der Waals surface area contributed by atoms with Gasteiger partial charge in [-0.3, -0.25) is 9.79 Å². The Morgan fingerprint density at radius 1 is 1.07 bits per heavy atom. The number of amides is 1. The minimum absolute atomic E-state index is 0. The van der Waals surface area contributed by atoms with Gasteiger partial charge in [0.2, 0.25) is 0 Å². The zero-order valence-corrected chi connectivity index (χ0v) is 20.1. The zero-order valence-electron chi connectivity index (χ0n) is 16.9. The molecule has 0 aliphatic carbocycles. The van der Waals surface area contributed by atoms with E-state index < -0.39 is 0 Å². The molecule has 5 nitrogen and oxygen atoms in total. The fraction of sp³-hybridized carbons (Fsp3) is 0.333. The Morgan fingerprint density at radius 3 is 2.52 bits per heavy atom. The normalized spacial score (nSPS) is 10.8. The first-order chi connectivity index (χ1) is 13.6. The molecule has 2 rings (SSSR count). The molecule has 158 valence electrons. The first-order valence-electron chi connectivity index (χ1n) is 9.15. The Balaban J connectivity index is 0.00000420. The molecule has 0 aliphatic heterocycles. The molecule has 29 heavy (non-hydrogen) atoms. The van der Waals surface area contributed by atoms with E-state index in [0.717, 1.165) is 22.4 Å². The second-order valence-electron chi connectivity index (χ2n) is 6.19. The molecule has 0 heterocycles. The van der Waals surface area contributed by atoms with Gasteiger partial charge in [0.05, 0.1) is 0 Å². The lowest BCUT2D eigenvalue weighted by Crippen LogP contribution is -2.36. The molecule has 0 bridgehead atoms. The quantitative estimate of drug-likeness (QED) is 0.275. The van der Waals surface area contributed by atoms with Crippen molar-refractivity contribution in [1.82, 2.24) is 16.0 Å².